The van der Waals surface area contributed by atoms with Gasteiger partial charge in [0.1, 0.15) is 11.9 Å². The van der Waals surface area contributed by atoms with Gasteiger partial charge in [0, 0.05) is 24.9 Å². The van der Waals surface area contributed by atoms with Crippen LogP contribution in [0, 0.1) is 19.7 Å². The van der Waals surface area contributed by atoms with Crippen molar-refractivity contribution >= 4 is 5.91 Å². The van der Waals surface area contributed by atoms with Gasteiger partial charge in [0.2, 0.25) is 5.91 Å². The molecular formula is C25H28FN3O. The highest BCUT2D eigenvalue weighted by Crippen LogP contribution is 2.29. The monoisotopic (exact) mass is 405 g/mol. The minimum Gasteiger partial charge on any atom is -0.358 e. The first-order valence-corrected chi connectivity index (χ1v) is 10.2. The highest BCUT2D eigenvalue weighted by molar-refractivity contribution is 5.82. The number of aryl methyl sites for hydroxylation is 2. The molecule has 0 saturated carbocycles. The minimum atomic E-state index is -0.428. The number of likely N-dealkylation sites (N-methyl/N-ethyl adjacent to an activating group) is 1. The smallest absolute Gasteiger partial charge is 0.241 e. The zero-order valence-corrected chi connectivity index (χ0v) is 17.7. The summed E-state index contributed by atoms with van der Waals surface area (Å²) in [5.41, 5.74) is 4.61. The Bertz CT molecular complexity index is 973. The molecule has 2 unspecified atom stereocenters. The summed E-state index contributed by atoms with van der Waals surface area (Å²) in [5.74, 6) is -0.236. The maximum Gasteiger partial charge on any atom is 0.241 e. The Labute approximate surface area is 177 Å². The van der Waals surface area contributed by atoms with E-state index < -0.39 is 6.04 Å². The number of amides is 1. The van der Waals surface area contributed by atoms with Crippen LogP contribution in [-0.4, -0.2) is 24.5 Å². The van der Waals surface area contributed by atoms with E-state index in [0.29, 0.717) is 12.1 Å². The lowest BCUT2D eigenvalue weighted by atomic mass is 9.88. The topological polar surface area (TPSA) is 54.0 Å². The Kier molecular flexibility index (Phi) is 7.31. The third kappa shape index (κ3) is 5.30. The normalized spacial score (nSPS) is 12.9. The Balaban J connectivity index is 1.81. The summed E-state index contributed by atoms with van der Waals surface area (Å²) in [6.45, 7) is 4.34. The SMILES string of the molecule is CNC(=O)C(NCCC(c1ccc(C)nc1)c1ccc(F)c(C)c1)c1ccccc1. The van der Waals surface area contributed by atoms with E-state index in [1.165, 1.54) is 6.07 Å². The van der Waals surface area contributed by atoms with Gasteiger partial charge >= 0.3 is 0 Å². The van der Waals surface area contributed by atoms with Crippen molar-refractivity contribution in [2.75, 3.05) is 13.6 Å². The van der Waals surface area contributed by atoms with E-state index in [1.54, 1.807) is 14.0 Å². The van der Waals surface area contributed by atoms with Gasteiger partial charge in [-0.25, -0.2) is 4.39 Å². The molecule has 0 saturated heterocycles. The van der Waals surface area contributed by atoms with Crippen molar-refractivity contribution in [2.45, 2.75) is 32.2 Å². The zero-order chi connectivity index (χ0) is 21.5. The van der Waals surface area contributed by atoms with Crippen LogP contribution in [0.2, 0.25) is 0 Å². The van der Waals surface area contributed by atoms with Gasteiger partial charge in [-0.3, -0.25) is 9.78 Å². The third-order valence-electron chi connectivity index (χ3n) is 5.34. The summed E-state index contributed by atoms with van der Waals surface area (Å²) in [6.07, 6.45) is 2.63. The molecule has 0 spiro atoms. The molecule has 156 valence electrons. The molecule has 2 N–H and O–H groups in total. The number of halogens is 1. The number of carbonyl (C=O) groups excluding carboxylic acids is 1. The predicted octanol–water partition coefficient (Wildman–Crippen LogP) is 4.44. The molecule has 3 rings (SSSR count). The van der Waals surface area contributed by atoms with Crippen LogP contribution in [0.15, 0.2) is 66.9 Å². The van der Waals surface area contributed by atoms with Gasteiger partial charge in [-0.05, 0) is 61.2 Å². The highest BCUT2D eigenvalue weighted by atomic mass is 19.1. The van der Waals surface area contributed by atoms with Crippen LogP contribution < -0.4 is 10.6 Å². The van der Waals surface area contributed by atoms with Gasteiger partial charge in [-0.1, -0.05) is 48.5 Å². The first-order valence-electron chi connectivity index (χ1n) is 10.2. The van der Waals surface area contributed by atoms with Gasteiger partial charge in [-0.2, -0.15) is 0 Å². The molecular weight excluding hydrogens is 377 g/mol. The van der Waals surface area contributed by atoms with E-state index in [9.17, 15) is 9.18 Å². The summed E-state index contributed by atoms with van der Waals surface area (Å²) < 4.78 is 13.8. The molecule has 0 aliphatic rings. The first-order chi connectivity index (χ1) is 14.5. The first kappa shape index (κ1) is 21.7. The predicted molar refractivity (Wildman–Crippen MR) is 118 cm³/mol. The minimum absolute atomic E-state index is 0.0472. The average molecular weight is 406 g/mol. The highest BCUT2D eigenvalue weighted by Gasteiger charge is 2.21. The van der Waals surface area contributed by atoms with Crippen molar-refractivity contribution in [2.24, 2.45) is 0 Å². The summed E-state index contributed by atoms with van der Waals surface area (Å²) >= 11 is 0. The van der Waals surface area contributed by atoms with Crippen LogP contribution in [0.4, 0.5) is 4.39 Å². The molecule has 2 atom stereocenters. The fraction of sp³-hybridized carbons (Fsp3) is 0.280. The van der Waals surface area contributed by atoms with Crippen molar-refractivity contribution in [3.05, 3.63) is 101 Å². The summed E-state index contributed by atoms with van der Waals surface area (Å²) in [5, 5.41) is 6.12. The molecule has 1 aromatic heterocycles. The lowest BCUT2D eigenvalue weighted by Crippen LogP contribution is -2.36. The number of nitrogens with one attached hydrogen (secondary N) is 2. The van der Waals surface area contributed by atoms with Crippen LogP contribution in [0.5, 0.6) is 0 Å². The van der Waals surface area contributed by atoms with Gasteiger partial charge in [-0.15, -0.1) is 0 Å². The lowest BCUT2D eigenvalue weighted by Gasteiger charge is -2.22. The van der Waals surface area contributed by atoms with E-state index in [0.717, 1.165) is 28.8 Å². The van der Waals surface area contributed by atoms with Crippen LogP contribution in [0.1, 0.15) is 46.3 Å². The van der Waals surface area contributed by atoms with Crippen molar-refractivity contribution < 1.29 is 9.18 Å². The molecule has 2 aromatic carbocycles. The van der Waals surface area contributed by atoms with E-state index in [1.807, 2.05) is 61.7 Å². The molecule has 0 radical (unpaired) electrons. The largest absolute Gasteiger partial charge is 0.358 e. The number of hydrogen-bond donors (Lipinski definition) is 2. The van der Waals surface area contributed by atoms with Gasteiger partial charge < -0.3 is 10.6 Å². The Morgan fingerprint density at radius 2 is 1.73 bits per heavy atom. The fourth-order valence-electron chi connectivity index (χ4n) is 3.62. The molecule has 3 aromatic rings. The number of aromatic nitrogens is 1. The van der Waals surface area contributed by atoms with Crippen LogP contribution in [0.3, 0.4) is 0 Å². The number of pyridine rings is 1. The number of carbonyl (C=O) groups is 1. The summed E-state index contributed by atoms with van der Waals surface area (Å²) in [6, 6.07) is 18.5. The fourth-order valence-corrected chi connectivity index (χ4v) is 3.62. The number of rotatable bonds is 8. The second-order valence-electron chi connectivity index (χ2n) is 7.49. The molecule has 4 nitrogen and oxygen atoms in total. The van der Waals surface area contributed by atoms with Gasteiger partial charge in [0.05, 0.1) is 0 Å². The Morgan fingerprint density at radius 1 is 1.00 bits per heavy atom. The van der Waals surface area contributed by atoms with Gasteiger partial charge in [0.25, 0.3) is 0 Å². The van der Waals surface area contributed by atoms with E-state index in [4.69, 9.17) is 0 Å². The molecule has 0 aliphatic carbocycles. The van der Waals surface area contributed by atoms with Crippen LogP contribution in [0.25, 0.3) is 0 Å². The van der Waals surface area contributed by atoms with E-state index in [2.05, 4.69) is 21.7 Å². The van der Waals surface area contributed by atoms with Crippen molar-refractivity contribution in [3.63, 3.8) is 0 Å². The Morgan fingerprint density at radius 3 is 2.37 bits per heavy atom. The van der Waals surface area contributed by atoms with E-state index in [-0.39, 0.29) is 17.6 Å². The Hall–Kier alpha value is -3.05. The zero-order valence-electron chi connectivity index (χ0n) is 17.7. The maximum atomic E-state index is 13.8. The average Bonchev–Trinajstić information content (AvgIpc) is 2.77. The molecule has 1 heterocycles. The third-order valence-corrected chi connectivity index (χ3v) is 5.34. The standard InChI is InChI=1S/C25H28FN3O/c1-17-15-20(11-12-23(17)26)22(21-10-9-18(2)29-16-21)13-14-28-24(25(30)27-3)19-7-5-4-6-8-19/h4-12,15-16,22,24,28H,13-14H2,1-3H3,(H,27,30). The van der Waals surface area contributed by atoms with E-state index >= 15 is 0 Å². The molecule has 30 heavy (non-hydrogen) atoms. The molecule has 0 aliphatic heterocycles. The number of hydrogen-bond acceptors (Lipinski definition) is 3. The number of nitrogens with zero attached hydrogens (tertiary/aromatic N) is 1. The summed E-state index contributed by atoms with van der Waals surface area (Å²) in [4.78, 5) is 16.9. The lowest BCUT2D eigenvalue weighted by molar-refractivity contribution is -0.122. The molecule has 0 bridgehead atoms. The van der Waals surface area contributed by atoms with Gasteiger partial charge in [0.15, 0.2) is 0 Å². The maximum absolute atomic E-state index is 13.8. The molecule has 0 fully saturated rings. The van der Waals surface area contributed by atoms with Crippen LogP contribution in [-0.2, 0) is 4.79 Å². The molecule has 1 amide bonds. The van der Waals surface area contributed by atoms with Crippen molar-refractivity contribution in [1.82, 2.24) is 15.6 Å². The second-order valence-corrected chi connectivity index (χ2v) is 7.49. The number of benzene rings is 2. The summed E-state index contributed by atoms with van der Waals surface area (Å²) in [7, 11) is 1.64. The quantitative estimate of drug-likeness (QED) is 0.583. The van der Waals surface area contributed by atoms with Crippen LogP contribution >= 0.6 is 0 Å². The second kappa shape index (κ2) is 10.1. The molecule has 5 heteroatoms. The van der Waals surface area contributed by atoms with Crippen molar-refractivity contribution in [3.8, 4) is 0 Å². The van der Waals surface area contributed by atoms with Crippen molar-refractivity contribution in [1.29, 1.82) is 0 Å².